The van der Waals surface area contributed by atoms with Crippen molar-refractivity contribution in [3.05, 3.63) is 53.1 Å². The van der Waals surface area contributed by atoms with E-state index in [9.17, 15) is 9.90 Å². The van der Waals surface area contributed by atoms with Crippen LogP contribution < -0.4 is 10.1 Å². The van der Waals surface area contributed by atoms with Crippen LogP contribution in [0.1, 0.15) is 18.4 Å². The zero-order valence-electron chi connectivity index (χ0n) is 17.7. The zero-order chi connectivity index (χ0) is 22.1. The smallest absolute Gasteiger partial charge is 0.308 e. The lowest BCUT2D eigenvalue weighted by Crippen LogP contribution is -2.58. The fourth-order valence-corrected chi connectivity index (χ4v) is 5.09. The number of halogens is 1. The van der Waals surface area contributed by atoms with Crippen molar-refractivity contribution in [2.75, 3.05) is 32.8 Å². The summed E-state index contributed by atoms with van der Waals surface area (Å²) >= 11 is 6.24. The molecule has 2 saturated heterocycles. The normalized spacial score (nSPS) is 22.1. The maximum Gasteiger partial charge on any atom is 0.308 e. The van der Waals surface area contributed by atoms with Gasteiger partial charge in [-0.2, -0.15) is 0 Å². The number of piperazine rings is 1. The lowest BCUT2D eigenvalue weighted by atomic mass is 9.80. The summed E-state index contributed by atoms with van der Waals surface area (Å²) in [6, 6.07) is 13.0. The van der Waals surface area contributed by atoms with Gasteiger partial charge in [-0.3, -0.25) is 4.79 Å². The van der Waals surface area contributed by atoms with Crippen LogP contribution >= 0.6 is 11.6 Å². The molecule has 3 aliphatic rings. The summed E-state index contributed by atoms with van der Waals surface area (Å²) in [6.07, 6.45) is 1.55. The van der Waals surface area contributed by atoms with Gasteiger partial charge in [0.05, 0.1) is 11.5 Å². The Bertz CT molecular complexity index is 1040. The third-order valence-corrected chi connectivity index (χ3v) is 6.73. The molecule has 0 aromatic heterocycles. The number of rotatable bonds is 3. The molecule has 0 saturated carbocycles. The third-order valence-electron chi connectivity index (χ3n) is 6.49. The Morgan fingerprint density at radius 1 is 1.19 bits per heavy atom. The molecule has 0 radical (unpaired) electrons. The van der Waals surface area contributed by atoms with Crippen LogP contribution in [0.15, 0.2) is 47.5 Å². The molecule has 2 atom stereocenters. The molecule has 7 nitrogen and oxygen atoms in total. The van der Waals surface area contributed by atoms with Gasteiger partial charge in [0.1, 0.15) is 17.3 Å². The maximum absolute atomic E-state index is 12.3. The number of ether oxygens (including phenoxy) is 2. The van der Waals surface area contributed by atoms with Crippen LogP contribution in [-0.4, -0.2) is 60.7 Å². The molecular weight excluding hydrogens is 430 g/mol. The molecule has 0 aliphatic carbocycles. The van der Waals surface area contributed by atoms with Crippen molar-refractivity contribution in [1.82, 2.24) is 10.2 Å². The van der Waals surface area contributed by atoms with E-state index in [1.54, 1.807) is 12.1 Å². The van der Waals surface area contributed by atoms with Crippen LogP contribution in [0.3, 0.4) is 0 Å². The highest BCUT2D eigenvalue weighted by Crippen LogP contribution is 2.40. The number of nitrogens with zero attached hydrogens (tertiary/aromatic N) is 2. The summed E-state index contributed by atoms with van der Waals surface area (Å²) in [5.74, 6) is 1.03. The molecule has 2 aromatic rings. The first-order chi connectivity index (χ1) is 15.6. The molecule has 3 aliphatic heterocycles. The fraction of sp³-hybridized carbons (Fsp3) is 0.417. The Kier molecular flexibility index (Phi) is 6.04. The van der Waals surface area contributed by atoms with Gasteiger partial charge in [0.25, 0.3) is 0 Å². The number of carboxylic acids is 1. The summed E-state index contributed by atoms with van der Waals surface area (Å²) in [6.45, 7) is 3.21. The number of amidine groups is 1. The van der Waals surface area contributed by atoms with Crippen molar-refractivity contribution in [2.24, 2.45) is 16.8 Å². The second kappa shape index (κ2) is 9.10. The maximum atomic E-state index is 12.3. The van der Waals surface area contributed by atoms with E-state index in [0.29, 0.717) is 42.8 Å². The number of fused-ring (bicyclic) bond motifs is 2. The molecule has 168 valence electrons. The molecular formula is C24H26ClN3O4. The molecule has 3 heterocycles. The summed E-state index contributed by atoms with van der Waals surface area (Å²) < 4.78 is 11.6. The van der Waals surface area contributed by atoms with Crippen LogP contribution in [0, 0.1) is 11.8 Å². The molecule has 0 spiro atoms. The van der Waals surface area contributed by atoms with Gasteiger partial charge in [0, 0.05) is 43.9 Å². The second-order valence-corrected chi connectivity index (χ2v) is 8.90. The third kappa shape index (κ3) is 4.20. The topological polar surface area (TPSA) is 83.4 Å². The number of benzene rings is 2. The van der Waals surface area contributed by atoms with E-state index in [-0.39, 0.29) is 12.0 Å². The number of hydrogen-bond acceptors (Lipinski definition) is 6. The Morgan fingerprint density at radius 2 is 2.00 bits per heavy atom. The number of nitrogens with one attached hydrogen (secondary N) is 1. The van der Waals surface area contributed by atoms with Crippen molar-refractivity contribution in [2.45, 2.75) is 18.9 Å². The van der Waals surface area contributed by atoms with E-state index in [1.165, 1.54) is 0 Å². The monoisotopic (exact) mass is 455 g/mol. The van der Waals surface area contributed by atoms with E-state index in [4.69, 9.17) is 26.1 Å². The molecule has 5 rings (SSSR count). The molecule has 2 aromatic carbocycles. The second-order valence-electron chi connectivity index (χ2n) is 8.47. The zero-order valence-corrected chi connectivity index (χ0v) is 18.4. The average Bonchev–Trinajstić information content (AvgIpc) is 2.96. The number of aliphatic imine (C=N–C) groups is 1. The first-order valence-electron chi connectivity index (χ1n) is 11.0. The molecule has 8 heteroatoms. The van der Waals surface area contributed by atoms with Gasteiger partial charge in [-0.25, -0.2) is 4.99 Å². The van der Waals surface area contributed by atoms with Crippen molar-refractivity contribution in [3.63, 3.8) is 0 Å². The van der Waals surface area contributed by atoms with Gasteiger partial charge in [0.2, 0.25) is 0 Å². The molecule has 2 N–H and O–H groups in total. The number of carboxylic acid groups (broad SMARTS) is 1. The Balaban J connectivity index is 1.49. The molecule has 0 bridgehead atoms. The summed E-state index contributed by atoms with van der Waals surface area (Å²) in [4.78, 5) is 19.4. The van der Waals surface area contributed by atoms with Crippen molar-refractivity contribution < 1.29 is 19.4 Å². The van der Waals surface area contributed by atoms with E-state index < -0.39 is 11.9 Å². The van der Waals surface area contributed by atoms with E-state index in [2.05, 4.69) is 10.2 Å². The number of carbonyl (C=O) groups is 1. The fourth-order valence-electron chi connectivity index (χ4n) is 4.93. The van der Waals surface area contributed by atoms with Gasteiger partial charge in [-0.1, -0.05) is 23.7 Å². The van der Waals surface area contributed by atoms with Gasteiger partial charge in [-0.05, 0) is 49.1 Å². The molecule has 0 amide bonds. The lowest BCUT2D eigenvalue weighted by molar-refractivity contribution is -0.146. The minimum absolute atomic E-state index is 0.102. The number of para-hydroxylation sites is 1. The van der Waals surface area contributed by atoms with Gasteiger partial charge < -0.3 is 24.8 Å². The van der Waals surface area contributed by atoms with Gasteiger partial charge in [-0.15, -0.1) is 0 Å². The largest absolute Gasteiger partial charge is 0.481 e. The van der Waals surface area contributed by atoms with Crippen LogP contribution in [-0.2, 0) is 9.53 Å². The predicted octanol–water partition coefficient (Wildman–Crippen LogP) is 3.93. The van der Waals surface area contributed by atoms with Crippen molar-refractivity contribution in [1.29, 1.82) is 0 Å². The predicted molar refractivity (Wildman–Crippen MR) is 122 cm³/mol. The standard InChI is InChI=1S/C24H26ClN3O4/c25-16-5-6-21-18(13-16)27-23(17-3-1-2-4-20(17)32-21)28-10-9-26-19(14-28)22(24(29)30)15-7-11-31-12-8-15/h1-6,13,15,19,22,26H,7-12,14H2,(H,29,30)/t19?,22-/m0/s1. The van der Waals surface area contributed by atoms with E-state index >= 15 is 0 Å². The number of hydrogen-bond donors (Lipinski definition) is 2. The summed E-state index contributed by atoms with van der Waals surface area (Å²) in [7, 11) is 0. The summed E-state index contributed by atoms with van der Waals surface area (Å²) in [5, 5.41) is 14.1. The van der Waals surface area contributed by atoms with Gasteiger partial charge >= 0.3 is 5.97 Å². The SMILES string of the molecule is O=C(O)[C@@H](C1CCOCC1)C1CN(C2=Nc3cc(Cl)ccc3Oc3ccccc32)CCN1. The van der Waals surface area contributed by atoms with Crippen LogP contribution in [0.2, 0.25) is 5.02 Å². The quantitative estimate of drug-likeness (QED) is 0.729. The Morgan fingerprint density at radius 3 is 2.81 bits per heavy atom. The highest BCUT2D eigenvalue weighted by atomic mass is 35.5. The van der Waals surface area contributed by atoms with Crippen LogP contribution in [0.5, 0.6) is 11.5 Å². The first-order valence-corrected chi connectivity index (χ1v) is 11.4. The van der Waals surface area contributed by atoms with Gasteiger partial charge in [0.15, 0.2) is 5.75 Å². The number of aliphatic carboxylic acids is 1. The molecule has 2 fully saturated rings. The van der Waals surface area contributed by atoms with Crippen molar-refractivity contribution in [3.8, 4) is 11.5 Å². The highest BCUT2D eigenvalue weighted by Gasteiger charge is 2.39. The lowest BCUT2D eigenvalue weighted by Gasteiger charge is -2.41. The molecule has 1 unspecified atom stereocenters. The Hall–Kier alpha value is -2.61. The minimum Gasteiger partial charge on any atom is -0.481 e. The average molecular weight is 456 g/mol. The van der Waals surface area contributed by atoms with E-state index in [0.717, 1.165) is 36.5 Å². The summed E-state index contributed by atoms with van der Waals surface area (Å²) in [5.41, 5.74) is 1.55. The first kappa shape index (κ1) is 21.2. The highest BCUT2D eigenvalue weighted by molar-refractivity contribution is 6.31. The van der Waals surface area contributed by atoms with Crippen molar-refractivity contribution >= 4 is 29.1 Å². The Labute approximate surface area is 192 Å². The van der Waals surface area contributed by atoms with Crippen LogP contribution in [0.4, 0.5) is 5.69 Å². The molecule has 32 heavy (non-hydrogen) atoms. The van der Waals surface area contributed by atoms with Crippen LogP contribution in [0.25, 0.3) is 0 Å². The minimum atomic E-state index is -0.750. The van der Waals surface area contributed by atoms with E-state index in [1.807, 2.05) is 30.3 Å².